The average molecular weight is 353 g/mol. The molecule has 1 aromatic rings. The molecule has 0 heterocycles. The number of benzene rings is 1. The maximum Gasteiger partial charge on any atom is 0.136 e. The minimum absolute atomic E-state index is 0.170. The highest BCUT2D eigenvalue weighted by atomic mass is 79.9. The first-order valence-electron chi connectivity index (χ1n) is 7.66. The van der Waals surface area contributed by atoms with Crippen molar-refractivity contribution < 1.29 is 9.53 Å². The molecule has 2 atom stereocenters. The van der Waals surface area contributed by atoms with Gasteiger partial charge in [0.25, 0.3) is 0 Å². The van der Waals surface area contributed by atoms with Crippen LogP contribution < -0.4 is 4.74 Å². The number of carbonyl (C=O) groups excluding carboxylic acids is 1. The van der Waals surface area contributed by atoms with E-state index in [1.807, 2.05) is 6.07 Å². The van der Waals surface area contributed by atoms with Gasteiger partial charge in [-0.15, -0.1) is 0 Å². The SMILES string of the molecule is COc1ccc(CC2CC(C(C)(C)C)CCC2=O)cc1Br. The maximum atomic E-state index is 12.2. The normalized spacial score (nSPS) is 23.2. The number of ketones is 1. The molecule has 21 heavy (non-hydrogen) atoms. The second-order valence-electron chi connectivity index (χ2n) is 7.17. The summed E-state index contributed by atoms with van der Waals surface area (Å²) in [6.45, 7) is 6.86. The molecular formula is C18H25BrO2. The van der Waals surface area contributed by atoms with Gasteiger partial charge in [-0.05, 0) is 64.2 Å². The first-order valence-corrected chi connectivity index (χ1v) is 8.45. The molecule has 1 aromatic carbocycles. The summed E-state index contributed by atoms with van der Waals surface area (Å²) in [6.07, 6.45) is 3.65. The van der Waals surface area contributed by atoms with Crippen molar-refractivity contribution in [3.63, 3.8) is 0 Å². The average Bonchev–Trinajstić information content (AvgIpc) is 2.40. The minimum Gasteiger partial charge on any atom is -0.496 e. The lowest BCUT2D eigenvalue weighted by Gasteiger charge is -2.37. The van der Waals surface area contributed by atoms with Gasteiger partial charge in [0.1, 0.15) is 11.5 Å². The maximum absolute atomic E-state index is 12.2. The highest BCUT2D eigenvalue weighted by Crippen LogP contribution is 2.40. The molecule has 2 nitrogen and oxygen atoms in total. The van der Waals surface area contributed by atoms with Crippen LogP contribution in [0.3, 0.4) is 0 Å². The number of ether oxygens (including phenoxy) is 1. The molecule has 0 saturated heterocycles. The summed E-state index contributed by atoms with van der Waals surface area (Å²) in [5.41, 5.74) is 1.50. The third-order valence-corrected chi connectivity index (χ3v) is 5.31. The lowest BCUT2D eigenvalue weighted by atomic mass is 9.67. The van der Waals surface area contributed by atoms with Crippen LogP contribution in [0.1, 0.15) is 45.6 Å². The fourth-order valence-electron chi connectivity index (χ4n) is 3.22. The summed E-state index contributed by atoms with van der Waals surface area (Å²) in [5, 5.41) is 0. The Morgan fingerprint density at radius 3 is 2.62 bits per heavy atom. The molecule has 0 aliphatic heterocycles. The van der Waals surface area contributed by atoms with Gasteiger partial charge in [-0.3, -0.25) is 4.79 Å². The quantitative estimate of drug-likeness (QED) is 0.762. The van der Waals surface area contributed by atoms with Crippen molar-refractivity contribution in [1.29, 1.82) is 0 Å². The van der Waals surface area contributed by atoms with Gasteiger partial charge in [-0.1, -0.05) is 26.8 Å². The van der Waals surface area contributed by atoms with Crippen molar-refractivity contribution in [1.82, 2.24) is 0 Å². The summed E-state index contributed by atoms with van der Waals surface area (Å²) < 4.78 is 6.22. The minimum atomic E-state index is 0.170. The van der Waals surface area contributed by atoms with Crippen molar-refractivity contribution >= 4 is 21.7 Å². The summed E-state index contributed by atoms with van der Waals surface area (Å²) in [6, 6.07) is 6.11. The van der Waals surface area contributed by atoms with Crippen LogP contribution in [-0.2, 0) is 11.2 Å². The number of halogens is 1. The summed E-state index contributed by atoms with van der Waals surface area (Å²) >= 11 is 3.52. The molecule has 0 aromatic heterocycles. The van der Waals surface area contributed by atoms with Gasteiger partial charge in [0.05, 0.1) is 11.6 Å². The van der Waals surface area contributed by atoms with Crippen molar-refractivity contribution in [3.8, 4) is 5.75 Å². The highest BCUT2D eigenvalue weighted by molar-refractivity contribution is 9.10. The van der Waals surface area contributed by atoms with E-state index in [0.717, 1.165) is 35.9 Å². The molecular weight excluding hydrogens is 328 g/mol. The van der Waals surface area contributed by atoms with E-state index in [1.54, 1.807) is 7.11 Å². The molecule has 0 radical (unpaired) electrons. The molecule has 3 heteroatoms. The van der Waals surface area contributed by atoms with Crippen LogP contribution in [0.5, 0.6) is 5.75 Å². The van der Waals surface area contributed by atoms with Gasteiger partial charge in [-0.25, -0.2) is 0 Å². The van der Waals surface area contributed by atoms with Gasteiger partial charge < -0.3 is 4.74 Å². The Bertz CT molecular complexity index is 516. The number of hydrogen-bond acceptors (Lipinski definition) is 2. The van der Waals surface area contributed by atoms with Crippen LogP contribution in [0.15, 0.2) is 22.7 Å². The van der Waals surface area contributed by atoms with Crippen molar-refractivity contribution in [3.05, 3.63) is 28.2 Å². The largest absolute Gasteiger partial charge is 0.496 e. The van der Waals surface area contributed by atoms with E-state index in [-0.39, 0.29) is 5.92 Å². The Labute approximate surface area is 136 Å². The zero-order valence-electron chi connectivity index (χ0n) is 13.4. The molecule has 0 spiro atoms. The fraction of sp³-hybridized carbons (Fsp3) is 0.611. The lowest BCUT2D eigenvalue weighted by molar-refractivity contribution is -0.126. The Balaban J connectivity index is 2.10. The lowest BCUT2D eigenvalue weighted by Crippen LogP contribution is -2.33. The first-order chi connectivity index (χ1) is 9.81. The molecule has 1 aliphatic carbocycles. The van der Waals surface area contributed by atoms with Gasteiger partial charge >= 0.3 is 0 Å². The standard InChI is InChI=1S/C18H25BrO2/c1-18(2,3)14-6-7-16(20)13(11-14)9-12-5-8-17(21-4)15(19)10-12/h5,8,10,13-14H,6-7,9,11H2,1-4H3. The van der Waals surface area contributed by atoms with E-state index in [0.29, 0.717) is 17.1 Å². The van der Waals surface area contributed by atoms with Gasteiger partial charge in [0, 0.05) is 12.3 Å². The first kappa shape index (κ1) is 16.5. The van der Waals surface area contributed by atoms with Crippen LogP contribution in [0.2, 0.25) is 0 Å². The van der Waals surface area contributed by atoms with E-state index in [9.17, 15) is 4.79 Å². The zero-order chi connectivity index (χ0) is 15.6. The topological polar surface area (TPSA) is 26.3 Å². The van der Waals surface area contributed by atoms with Gasteiger partial charge in [0.15, 0.2) is 0 Å². The summed E-state index contributed by atoms with van der Waals surface area (Å²) in [4.78, 5) is 12.2. The Morgan fingerprint density at radius 2 is 2.05 bits per heavy atom. The summed E-state index contributed by atoms with van der Waals surface area (Å²) in [5.74, 6) is 2.08. The molecule has 116 valence electrons. The van der Waals surface area contributed by atoms with Crippen LogP contribution in [0.4, 0.5) is 0 Å². The second-order valence-corrected chi connectivity index (χ2v) is 8.03. The smallest absolute Gasteiger partial charge is 0.136 e. The van der Waals surface area contributed by atoms with E-state index >= 15 is 0 Å². The molecule has 0 bridgehead atoms. The third kappa shape index (κ3) is 4.09. The van der Waals surface area contributed by atoms with E-state index in [4.69, 9.17) is 4.74 Å². The molecule has 1 saturated carbocycles. The second kappa shape index (κ2) is 6.51. The van der Waals surface area contributed by atoms with Crippen molar-refractivity contribution in [2.75, 3.05) is 7.11 Å². The fourth-order valence-corrected chi connectivity index (χ4v) is 3.81. The van der Waals surface area contributed by atoms with E-state index < -0.39 is 0 Å². The predicted molar refractivity (Wildman–Crippen MR) is 89.7 cm³/mol. The number of rotatable bonds is 3. The number of hydrogen-bond donors (Lipinski definition) is 0. The molecule has 2 rings (SSSR count). The molecule has 0 N–H and O–H groups in total. The third-order valence-electron chi connectivity index (χ3n) is 4.69. The van der Waals surface area contributed by atoms with E-state index in [1.165, 1.54) is 5.56 Å². The number of methoxy groups -OCH3 is 1. The van der Waals surface area contributed by atoms with Crippen LogP contribution >= 0.6 is 15.9 Å². The van der Waals surface area contributed by atoms with Crippen molar-refractivity contribution in [2.24, 2.45) is 17.3 Å². The molecule has 0 amide bonds. The summed E-state index contributed by atoms with van der Waals surface area (Å²) in [7, 11) is 1.67. The van der Waals surface area contributed by atoms with Crippen molar-refractivity contribution in [2.45, 2.75) is 46.5 Å². The Hall–Kier alpha value is -0.830. The molecule has 2 unspecified atom stereocenters. The predicted octanol–water partition coefficient (Wildman–Crippen LogP) is 5.03. The highest BCUT2D eigenvalue weighted by Gasteiger charge is 2.34. The Morgan fingerprint density at radius 1 is 1.33 bits per heavy atom. The molecule has 1 fully saturated rings. The van der Waals surface area contributed by atoms with E-state index in [2.05, 4.69) is 48.8 Å². The van der Waals surface area contributed by atoms with Crippen LogP contribution in [0.25, 0.3) is 0 Å². The number of carbonyl (C=O) groups is 1. The monoisotopic (exact) mass is 352 g/mol. The Kier molecular flexibility index (Phi) is 5.13. The molecule has 1 aliphatic rings. The van der Waals surface area contributed by atoms with Crippen LogP contribution in [0, 0.1) is 17.3 Å². The van der Waals surface area contributed by atoms with Gasteiger partial charge in [-0.2, -0.15) is 0 Å². The zero-order valence-corrected chi connectivity index (χ0v) is 15.0. The van der Waals surface area contributed by atoms with Gasteiger partial charge in [0.2, 0.25) is 0 Å². The number of Topliss-reactive ketones (excluding diaryl/α,β-unsaturated/α-hetero) is 1. The van der Waals surface area contributed by atoms with Crippen LogP contribution in [-0.4, -0.2) is 12.9 Å².